The van der Waals surface area contributed by atoms with Crippen LogP contribution < -0.4 is 10.6 Å². The van der Waals surface area contributed by atoms with Crippen molar-refractivity contribution in [1.29, 1.82) is 0 Å². The molecule has 126 valence electrons. The van der Waals surface area contributed by atoms with Gasteiger partial charge in [0.1, 0.15) is 6.04 Å². The van der Waals surface area contributed by atoms with Gasteiger partial charge in [0.05, 0.1) is 6.42 Å². The van der Waals surface area contributed by atoms with Crippen molar-refractivity contribution in [3.8, 4) is 0 Å². The highest BCUT2D eigenvalue weighted by Crippen LogP contribution is 2.15. The molecule has 0 bridgehead atoms. The Bertz CT molecular complexity index is 696. The third kappa shape index (κ3) is 4.95. The fraction of sp³-hybridized carbons (Fsp3) is 0.300. The van der Waals surface area contributed by atoms with Crippen molar-refractivity contribution in [3.05, 3.63) is 65.7 Å². The Balaban J connectivity index is 2.02. The van der Waals surface area contributed by atoms with E-state index in [-0.39, 0.29) is 24.2 Å². The topological polar surface area (TPSA) is 58.2 Å². The van der Waals surface area contributed by atoms with Gasteiger partial charge in [0.25, 0.3) is 0 Å². The molecule has 2 aromatic carbocycles. The predicted octanol–water partition coefficient (Wildman–Crippen LogP) is 3.32. The van der Waals surface area contributed by atoms with Crippen LogP contribution in [0, 0.1) is 12.8 Å². The largest absolute Gasteiger partial charge is 0.344 e. The second-order valence-corrected chi connectivity index (χ2v) is 6.26. The molecular formula is C20H24N2O2. The molecule has 0 spiro atoms. The van der Waals surface area contributed by atoms with Crippen LogP contribution in [0.4, 0.5) is 5.69 Å². The third-order valence-corrected chi connectivity index (χ3v) is 3.88. The summed E-state index contributed by atoms with van der Waals surface area (Å²) in [5.41, 5.74) is 2.69. The number of carbonyl (C=O) groups excluding carboxylic acids is 2. The Morgan fingerprint density at radius 2 is 1.58 bits per heavy atom. The molecule has 4 heteroatoms. The first-order chi connectivity index (χ1) is 11.5. The van der Waals surface area contributed by atoms with E-state index >= 15 is 0 Å². The van der Waals surface area contributed by atoms with Crippen LogP contribution >= 0.6 is 0 Å². The highest BCUT2D eigenvalue weighted by molar-refractivity contribution is 5.98. The first-order valence-electron chi connectivity index (χ1n) is 8.17. The van der Waals surface area contributed by atoms with Gasteiger partial charge in [-0.25, -0.2) is 0 Å². The monoisotopic (exact) mass is 324 g/mol. The molecule has 0 saturated heterocycles. The summed E-state index contributed by atoms with van der Waals surface area (Å²) in [5.74, 6) is -0.353. The lowest BCUT2D eigenvalue weighted by atomic mass is 10.0. The second kappa shape index (κ2) is 8.29. The minimum atomic E-state index is -0.569. The molecule has 0 aliphatic heterocycles. The quantitative estimate of drug-likeness (QED) is 0.856. The van der Waals surface area contributed by atoms with Crippen LogP contribution in [-0.2, 0) is 16.0 Å². The predicted molar refractivity (Wildman–Crippen MR) is 96.7 cm³/mol. The number of nitrogens with one attached hydrogen (secondary N) is 2. The molecule has 0 heterocycles. The molecule has 0 saturated carbocycles. The number of rotatable bonds is 6. The van der Waals surface area contributed by atoms with Gasteiger partial charge in [-0.2, -0.15) is 0 Å². The van der Waals surface area contributed by atoms with Gasteiger partial charge < -0.3 is 10.6 Å². The first-order valence-corrected chi connectivity index (χ1v) is 8.17. The van der Waals surface area contributed by atoms with Gasteiger partial charge in [-0.3, -0.25) is 9.59 Å². The normalized spacial score (nSPS) is 11.8. The van der Waals surface area contributed by atoms with Crippen molar-refractivity contribution >= 4 is 17.5 Å². The number of para-hydroxylation sites is 1. The summed E-state index contributed by atoms with van der Waals surface area (Å²) in [6.07, 6.45) is 0.266. The molecule has 24 heavy (non-hydrogen) atoms. The van der Waals surface area contributed by atoms with E-state index in [0.717, 1.165) is 16.8 Å². The molecule has 2 amide bonds. The maximum absolute atomic E-state index is 12.6. The Kier molecular flexibility index (Phi) is 6.13. The number of hydrogen-bond acceptors (Lipinski definition) is 2. The van der Waals surface area contributed by atoms with Gasteiger partial charge in [-0.15, -0.1) is 0 Å². The molecule has 0 aromatic heterocycles. The molecule has 0 fully saturated rings. The Hall–Kier alpha value is -2.62. The van der Waals surface area contributed by atoms with Crippen molar-refractivity contribution in [2.24, 2.45) is 5.92 Å². The van der Waals surface area contributed by atoms with Crippen LogP contribution in [0.1, 0.15) is 25.0 Å². The SMILES string of the molecule is Cc1ccccc1NC(=O)C(NC(=O)Cc1ccccc1)C(C)C. The van der Waals surface area contributed by atoms with Crippen LogP contribution in [0.2, 0.25) is 0 Å². The fourth-order valence-electron chi connectivity index (χ4n) is 2.46. The van der Waals surface area contributed by atoms with E-state index in [2.05, 4.69) is 10.6 Å². The molecule has 1 atom stereocenters. The average molecular weight is 324 g/mol. The van der Waals surface area contributed by atoms with Gasteiger partial charge in [0, 0.05) is 5.69 Å². The molecular weight excluding hydrogens is 300 g/mol. The summed E-state index contributed by atoms with van der Waals surface area (Å²) in [5, 5.41) is 5.76. The highest BCUT2D eigenvalue weighted by Gasteiger charge is 2.24. The first kappa shape index (κ1) is 17.7. The van der Waals surface area contributed by atoms with Gasteiger partial charge in [-0.05, 0) is 30.0 Å². The Labute approximate surface area is 143 Å². The van der Waals surface area contributed by atoms with Crippen molar-refractivity contribution in [2.75, 3.05) is 5.32 Å². The zero-order valence-electron chi connectivity index (χ0n) is 14.4. The maximum Gasteiger partial charge on any atom is 0.247 e. The standard InChI is InChI=1S/C20H24N2O2/c1-14(2)19(20(24)21-17-12-8-7-9-15(17)3)22-18(23)13-16-10-5-4-6-11-16/h4-12,14,19H,13H2,1-3H3,(H,21,24)(H,22,23). The number of amides is 2. The van der Waals surface area contributed by atoms with E-state index in [9.17, 15) is 9.59 Å². The summed E-state index contributed by atoms with van der Waals surface area (Å²) in [6.45, 7) is 5.78. The minimum Gasteiger partial charge on any atom is -0.344 e. The summed E-state index contributed by atoms with van der Waals surface area (Å²) >= 11 is 0. The van der Waals surface area contributed by atoms with Gasteiger partial charge in [0.15, 0.2) is 0 Å². The van der Waals surface area contributed by atoms with E-state index in [0.29, 0.717) is 0 Å². The second-order valence-electron chi connectivity index (χ2n) is 6.26. The van der Waals surface area contributed by atoms with Crippen LogP contribution in [0.25, 0.3) is 0 Å². The van der Waals surface area contributed by atoms with Crippen molar-refractivity contribution in [2.45, 2.75) is 33.2 Å². The maximum atomic E-state index is 12.6. The van der Waals surface area contributed by atoms with Gasteiger partial charge >= 0.3 is 0 Å². The molecule has 4 nitrogen and oxygen atoms in total. The summed E-state index contributed by atoms with van der Waals surface area (Å²) in [6, 6.07) is 16.5. The van der Waals surface area contributed by atoms with Crippen molar-refractivity contribution in [3.63, 3.8) is 0 Å². The van der Waals surface area contributed by atoms with E-state index in [1.807, 2.05) is 75.4 Å². The van der Waals surface area contributed by atoms with E-state index < -0.39 is 6.04 Å². The molecule has 0 radical (unpaired) electrons. The number of hydrogen-bond donors (Lipinski definition) is 2. The number of aryl methyl sites for hydroxylation is 1. The Morgan fingerprint density at radius 3 is 2.21 bits per heavy atom. The van der Waals surface area contributed by atoms with Gasteiger partial charge in [-0.1, -0.05) is 62.4 Å². The van der Waals surface area contributed by atoms with Crippen molar-refractivity contribution in [1.82, 2.24) is 5.32 Å². The summed E-state index contributed by atoms with van der Waals surface area (Å²) in [7, 11) is 0. The third-order valence-electron chi connectivity index (χ3n) is 3.88. The van der Waals surface area contributed by atoms with Crippen LogP contribution in [0.15, 0.2) is 54.6 Å². The lowest BCUT2D eigenvalue weighted by molar-refractivity contribution is -0.127. The zero-order chi connectivity index (χ0) is 17.5. The zero-order valence-corrected chi connectivity index (χ0v) is 14.4. The van der Waals surface area contributed by atoms with E-state index in [1.165, 1.54) is 0 Å². The van der Waals surface area contributed by atoms with Crippen LogP contribution in [0.5, 0.6) is 0 Å². The smallest absolute Gasteiger partial charge is 0.247 e. The Morgan fingerprint density at radius 1 is 0.958 bits per heavy atom. The van der Waals surface area contributed by atoms with Crippen molar-refractivity contribution < 1.29 is 9.59 Å². The highest BCUT2D eigenvalue weighted by atomic mass is 16.2. The van der Waals surface area contributed by atoms with E-state index in [4.69, 9.17) is 0 Å². The minimum absolute atomic E-state index is 0.00579. The van der Waals surface area contributed by atoms with Gasteiger partial charge in [0.2, 0.25) is 11.8 Å². The number of benzene rings is 2. The molecule has 2 N–H and O–H groups in total. The number of anilines is 1. The summed E-state index contributed by atoms with van der Waals surface area (Å²) in [4.78, 5) is 24.8. The number of carbonyl (C=O) groups is 2. The molecule has 0 aliphatic carbocycles. The lowest BCUT2D eigenvalue weighted by Crippen LogP contribution is -2.47. The molecule has 0 aliphatic rings. The van der Waals surface area contributed by atoms with E-state index in [1.54, 1.807) is 0 Å². The average Bonchev–Trinajstić information content (AvgIpc) is 2.55. The summed E-state index contributed by atoms with van der Waals surface area (Å²) < 4.78 is 0. The molecule has 2 aromatic rings. The molecule has 2 rings (SSSR count). The molecule has 1 unspecified atom stereocenters. The fourth-order valence-corrected chi connectivity index (χ4v) is 2.46. The van der Waals surface area contributed by atoms with Crippen LogP contribution in [0.3, 0.4) is 0 Å². The lowest BCUT2D eigenvalue weighted by Gasteiger charge is -2.22. The van der Waals surface area contributed by atoms with Crippen LogP contribution in [-0.4, -0.2) is 17.9 Å².